The van der Waals surface area contributed by atoms with E-state index in [-0.39, 0.29) is 24.3 Å². The molecule has 2 amide bonds. The standard InChI is InChI=1S/C37H49ClN4O7S/c1-40(2)50(46,47)39-36(44)37(45)22-35(43)42-19-7-10-30(42)9-6-11-33(48-3)31-16-13-26(31)23-41-18-5-4-8-25-20-29(38)15-12-27(25)24-49-34-17-14-28(37)21-32(34)41/h6,11-12,14-15,17,20-21,26,30-31,33,45H,4-5,7-10,13,16,18-19,22-24H2,1-3H3,(H,39,44)/b11-6+/t26-,30?,31+,33-,37-/m0/s1. The largest absolute Gasteiger partial charge is 0.487 e. The number of nitrogens with zero attached hydrogens (tertiary/aromatic N) is 3. The van der Waals surface area contributed by atoms with E-state index in [1.54, 1.807) is 30.2 Å². The van der Waals surface area contributed by atoms with E-state index in [1.165, 1.54) is 14.1 Å². The normalized spacial score (nSPS) is 28.3. The molecule has 4 aliphatic rings. The molecule has 1 unspecified atom stereocenters. The summed E-state index contributed by atoms with van der Waals surface area (Å²) in [4.78, 5) is 32.0. The first-order valence-electron chi connectivity index (χ1n) is 17.6. The first kappa shape index (κ1) is 36.6. The number of aliphatic hydroxyl groups is 1. The van der Waals surface area contributed by atoms with Crippen molar-refractivity contribution in [1.29, 1.82) is 0 Å². The zero-order valence-electron chi connectivity index (χ0n) is 29.1. The van der Waals surface area contributed by atoms with Gasteiger partial charge in [0.25, 0.3) is 5.91 Å². The van der Waals surface area contributed by atoms with Crippen LogP contribution in [0.3, 0.4) is 0 Å². The van der Waals surface area contributed by atoms with Gasteiger partial charge in [0.05, 0.1) is 18.2 Å². The molecule has 1 aliphatic carbocycles. The van der Waals surface area contributed by atoms with Crippen molar-refractivity contribution in [3.8, 4) is 5.75 Å². The number of nitrogens with one attached hydrogen (secondary N) is 1. The Labute approximate surface area is 300 Å². The fourth-order valence-corrected chi connectivity index (χ4v) is 8.61. The van der Waals surface area contributed by atoms with Gasteiger partial charge in [0.15, 0.2) is 5.60 Å². The fourth-order valence-electron chi connectivity index (χ4n) is 7.83. The molecule has 6 rings (SSSR count). The van der Waals surface area contributed by atoms with Crippen molar-refractivity contribution in [1.82, 2.24) is 13.9 Å². The third-order valence-electron chi connectivity index (χ3n) is 11.0. The summed E-state index contributed by atoms with van der Waals surface area (Å²) in [6.45, 7) is 2.16. The molecule has 1 saturated heterocycles. The van der Waals surface area contributed by atoms with E-state index in [2.05, 4.69) is 17.1 Å². The molecular weight excluding hydrogens is 680 g/mol. The number of carbonyl (C=O) groups is 2. The summed E-state index contributed by atoms with van der Waals surface area (Å²) in [5.41, 5.74) is 0.466. The molecule has 0 radical (unpaired) electrons. The highest BCUT2D eigenvalue weighted by atomic mass is 35.5. The number of halogens is 1. The Hall–Kier alpha value is -3.16. The number of amides is 2. The lowest BCUT2D eigenvalue weighted by atomic mass is 9.70. The molecule has 11 nitrogen and oxygen atoms in total. The molecule has 2 aromatic rings. The maximum absolute atomic E-state index is 14.0. The Kier molecular flexibility index (Phi) is 11.1. The van der Waals surface area contributed by atoms with Gasteiger partial charge in [0.1, 0.15) is 12.4 Å². The number of benzene rings is 2. The minimum Gasteiger partial charge on any atom is -0.487 e. The van der Waals surface area contributed by atoms with E-state index in [9.17, 15) is 23.1 Å². The number of fused-ring (bicyclic) bond motifs is 4. The van der Waals surface area contributed by atoms with Crippen molar-refractivity contribution >= 4 is 39.3 Å². The van der Waals surface area contributed by atoms with Gasteiger partial charge in [-0.25, -0.2) is 4.72 Å². The molecule has 3 heterocycles. The van der Waals surface area contributed by atoms with Crippen LogP contribution >= 0.6 is 11.6 Å². The number of hydrogen-bond donors (Lipinski definition) is 2. The first-order valence-corrected chi connectivity index (χ1v) is 19.5. The Morgan fingerprint density at radius 2 is 1.90 bits per heavy atom. The Balaban J connectivity index is 1.47. The van der Waals surface area contributed by atoms with Gasteiger partial charge in [-0.15, -0.1) is 0 Å². The van der Waals surface area contributed by atoms with Gasteiger partial charge in [0.2, 0.25) is 5.91 Å². The van der Waals surface area contributed by atoms with Gasteiger partial charge in [-0.3, -0.25) is 9.59 Å². The van der Waals surface area contributed by atoms with Gasteiger partial charge in [-0.2, -0.15) is 12.7 Å². The van der Waals surface area contributed by atoms with Crippen LogP contribution < -0.4 is 14.4 Å². The van der Waals surface area contributed by atoms with E-state index in [1.807, 2.05) is 22.9 Å². The summed E-state index contributed by atoms with van der Waals surface area (Å²) in [6.07, 6.45) is 10.5. The molecule has 2 N–H and O–H groups in total. The Bertz CT molecular complexity index is 1720. The minimum atomic E-state index is -4.28. The molecule has 13 heteroatoms. The summed E-state index contributed by atoms with van der Waals surface area (Å²) in [7, 11) is 0.0456. The maximum atomic E-state index is 14.0. The summed E-state index contributed by atoms with van der Waals surface area (Å²) < 4.78 is 41.1. The quantitative estimate of drug-likeness (QED) is 0.439. The number of carbonyl (C=O) groups excluding carboxylic acids is 2. The summed E-state index contributed by atoms with van der Waals surface area (Å²) >= 11 is 6.37. The molecule has 2 fully saturated rings. The number of methoxy groups -OCH3 is 1. The van der Waals surface area contributed by atoms with Gasteiger partial charge in [-0.05, 0) is 104 Å². The SMILES string of the molecule is CO[C@H]1/C=C/CC2CCCN2C(=O)C[C@@](O)(C(=O)NS(=O)(=O)N(C)C)c2ccc3c(c2)N(CCCCc2cc(Cl)ccc2CO3)C[C@@H]2CC[C@H]21. The first-order chi connectivity index (χ1) is 23.9. The average Bonchev–Trinajstić information content (AvgIpc) is 3.53. The van der Waals surface area contributed by atoms with Crippen molar-refractivity contribution in [3.05, 3.63) is 70.3 Å². The second-order valence-corrected chi connectivity index (χ2v) is 16.6. The van der Waals surface area contributed by atoms with Crippen LogP contribution in [-0.4, -0.2) is 87.5 Å². The van der Waals surface area contributed by atoms with E-state index >= 15 is 0 Å². The topological polar surface area (TPSA) is 129 Å². The summed E-state index contributed by atoms with van der Waals surface area (Å²) in [5, 5.41) is 13.0. The molecule has 0 aromatic heterocycles. The van der Waals surface area contributed by atoms with Gasteiger partial charge in [0, 0.05) is 51.9 Å². The van der Waals surface area contributed by atoms with Crippen LogP contribution in [-0.2, 0) is 43.2 Å². The molecule has 2 aromatic carbocycles. The van der Waals surface area contributed by atoms with E-state index in [0.717, 1.165) is 60.4 Å². The van der Waals surface area contributed by atoms with Gasteiger partial charge >= 0.3 is 10.2 Å². The second-order valence-electron chi connectivity index (χ2n) is 14.3. The lowest BCUT2D eigenvalue weighted by molar-refractivity contribution is -0.149. The summed E-state index contributed by atoms with van der Waals surface area (Å²) in [6, 6.07) is 10.7. The van der Waals surface area contributed by atoms with Crippen molar-refractivity contribution in [2.24, 2.45) is 11.8 Å². The number of anilines is 1. The van der Waals surface area contributed by atoms with E-state index in [0.29, 0.717) is 54.4 Å². The molecule has 272 valence electrons. The molecule has 0 spiro atoms. The number of hydrogen-bond acceptors (Lipinski definition) is 8. The Morgan fingerprint density at radius 3 is 2.64 bits per heavy atom. The van der Waals surface area contributed by atoms with Gasteiger partial charge < -0.3 is 24.4 Å². The highest BCUT2D eigenvalue weighted by molar-refractivity contribution is 7.87. The van der Waals surface area contributed by atoms with E-state index in [4.69, 9.17) is 21.1 Å². The molecule has 50 heavy (non-hydrogen) atoms. The number of rotatable bonds is 4. The third-order valence-corrected chi connectivity index (χ3v) is 12.6. The zero-order valence-corrected chi connectivity index (χ0v) is 30.7. The maximum Gasteiger partial charge on any atom is 0.303 e. The number of aryl methyl sites for hydroxylation is 1. The fraction of sp³-hybridized carbons (Fsp3) is 0.568. The zero-order chi connectivity index (χ0) is 35.6. The van der Waals surface area contributed by atoms with Crippen molar-refractivity contribution < 1.29 is 32.6 Å². The van der Waals surface area contributed by atoms with Crippen LogP contribution in [0.15, 0.2) is 48.6 Å². The molecule has 1 saturated carbocycles. The van der Waals surface area contributed by atoms with Gasteiger partial charge in [-0.1, -0.05) is 35.9 Å². The highest BCUT2D eigenvalue weighted by Gasteiger charge is 2.45. The molecular formula is C37H49ClN4O7S. The predicted octanol–water partition coefficient (Wildman–Crippen LogP) is 4.55. The molecule has 2 bridgehead atoms. The lowest BCUT2D eigenvalue weighted by Crippen LogP contribution is -2.52. The molecule has 3 aliphatic heterocycles. The average molecular weight is 729 g/mol. The van der Waals surface area contributed by atoms with Crippen LogP contribution in [0.25, 0.3) is 0 Å². The van der Waals surface area contributed by atoms with E-state index < -0.39 is 34.0 Å². The van der Waals surface area contributed by atoms with Crippen LogP contribution in [0.2, 0.25) is 5.02 Å². The predicted molar refractivity (Wildman–Crippen MR) is 192 cm³/mol. The van der Waals surface area contributed by atoms with Crippen LogP contribution in [0.5, 0.6) is 5.75 Å². The molecule has 5 atom stereocenters. The van der Waals surface area contributed by atoms with Crippen molar-refractivity contribution in [3.63, 3.8) is 0 Å². The minimum absolute atomic E-state index is 0.0510. The second kappa shape index (κ2) is 15.2. The smallest absolute Gasteiger partial charge is 0.303 e. The van der Waals surface area contributed by atoms with Crippen LogP contribution in [0.1, 0.15) is 68.1 Å². The summed E-state index contributed by atoms with van der Waals surface area (Å²) in [5.74, 6) is -0.414. The van der Waals surface area contributed by atoms with Crippen molar-refractivity contribution in [2.75, 3.05) is 45.7 Å². The Morgan fingerprint density at radius 1 is 1.08 bits per heavy atom. The lowest BCUT2D eigenvalue weighted by Gasteiger charge is -2.44. The number of ether oxygens (including phenoxy) is 2. The highest BCUT2D eigenvalue weighted by Crippen LogP contribution is 2.43. The van der Waals surface area contributed by atoms with Crippen LogP contribution in [0, 0.1) is 11.8 Å². The van der Waals surface area contributed by atoms with Crippen molar-refractivity contribution in [2.45, 2.75) is 82.1 Å². The van der Waals surface area contributed by atoms with Crippen LogP contribution in [0.4, 0.5) is 5.69 Å². The third kappa shape index (κ3) is 7.69. The monoisotopic (exact) mass is 728 g/mol.